The number of carbonyl (C=O) groups is 1. The SMILES string of the molecule is O=C(Nc1ccc(Cl)cc1)c1cc2n(n1)C(C(F)(F)F)CC(c1ccccc1)N2. The summed E-state index contributed by atoms with van der Waals surface area (Å²) in [6, 6.07) is 14.2. The average molecular weight is 421 g/mol. The van der Waals surface area contributed by atoms with E-state index in [0.717, 1.165) is 10.2 Å². The molecule has 1 aliphatic heterocycles. The lowest BCUT2D eigenvalue weighted by Crippen LogP contribution is -2.35. The molecule has 0 saturated carbocycles. The third kappa shape index (κ3) is 4.07. The number of anilines is 2. The van der Waals surface area contributed by atoms with Gasteiger partial charge in [0.1, 0.15) is 5.82 Å². The van der Waals surface area contributed by atoms with Gasteiger partial charge in [-0.15, -0.1) is 0 Å². The number of benzene rings is 2. The van der Waals surface area contributed by atoms with Crippen LogP contribution in [0.25, 0.3) is 0 Å². The number of fused-ring (bicyclic) bond motifs is 1. The smallest absolute Gasteiger partial charge is 0.363 e. The van der Waals surface area contributed by atoms with E-state index < -0.39 is 24.2 Å². The van der Waals surface area contributed by atoms with Crippen LogP contribution in [-0.4, -0.2) is 21.9 Å². The zero-order valence-electron chi connectivity index (χ0n) is 14.9. The number of hydrogen-bond acceptors (Lipinski definition) is 3. The van der Waals surface area contributed by atoms with Crippen LogP contribution in [0, 0.1) is 0 Å². The maximum absolute atomic E-state index is 13.7. The number of hydrogen-bond donors (Lipinski definition) is 2. The summed E-state index contributed by atoms with van der Waals surface area (Å²) in [5.41, 5.74) is 1.10. The first kappa shape index (κ1) is 19.3. The number of aromatic nitrogens is 2. The molecule has 0 aliphatic carbocycles. The zero-order valence-corrected chi connectivity index (χ0v) is 15.7. The molecule has 0 fully saturated rings. The minimum atomic E-state index is -4.50. The van der Waals surface area contributed by atoms with Crippen molar-refractivity contribution in [3.8, 4) is 0 Å². The summed E-state index contributed by atoms with van der Waals surface area (Å²) in [5, 5.41) is 10.1. The second-order valence-electron chi connectivity index (χ2n) is 6.72. The molecule has 29 heavy (non-hydrogen) atoms. The number of rotatable bonds is 3. The van der Waals surface area contributed by atoms with Crippen molar-refractivity contribution in [1.29, 1.82) is 0 Å². The molecule has 4 rings (SSSR count). The standard InChI is InChI=1S/C20H16ClF3N4O/c21-13-6-8-14(9-7-13)25-19(29)16-11-18-26-15(12-4-2-1-3-5-12)10-17(20(22,23)24)28(18)27-16/h1-9,11,15,17,26H,10H2,(H,25,29). The van der Waals surface area contributed by atoms with Crippen molar-refractivity contribution in [2.75, 3.05) is 10.6 Å². The minimum Gasteiger partial charge on any atom is -0.363 e. The van der Waals surface area contributed by atoms with Crippen LogP contribution in [0.15, 0.2) is 60.7 Å². The fourth-order valence-electron chi connectivity index (χ4n) is 3.32. The van der Waals surface area contributed by atoms with Gasteiger partial charge in [-0.25, -0.2) is 4.68 Å². The number of carbonyl (C=O) groups excluding carboxylic acids is 1. The van der Waals surface area contributed by atoms with E-state index in [4.69, 9.17) is 11.6 Å². The summed E-state index contributed by atoms with van der Waals surface area (Å²) in [4.78, 5) is 12.5. The second kappa shape index (κ2) is 7.44. The number of halogens is 4. The molecule has 2 unspecified atom stereocenters. The highest BCUT2D eigenvalue weighted by Crippen LogP contribution is 2.43. The lowest BCUT2D eigenvalue weighted by Gasteiger charge is -2.33. The van der Waals surface area contributed by atoms with E-state index >= 15 is 0 Å². The topological polar surface area (TPSA) is 59.0 Å². The van der Waals surface area contributed by atoms with E-state index in [0.29, 0.717) is 10.7 Å². The molecule has 1 aliphatic rings. The molecule has 2 aromatic carbocycles. The summed E-state index contributed by atoms with van der Waals surface area (Å²) in [5.74, 6) is -0.457. The van der Waals surface area contributed by atoms with Gasteiger partial charge in [-0.05, 0) is 29.8 Å². The maximum Gasteiger partial charge on any atom is 0.410 e. The molecule has 0 spiro atoms. The van der Waals surface area contributed by atoms with Gasteiger partial charge in [-0.3, -0.25) is 4.79 Å². The molecule has 0 radical (unpaired) electrons. The van der Waals surface area contributed by atoms with Crippen molar-refractivity contribution in [3.63, 3.8) is 0 Å². The Hall–Kier alpha value is -3.00. The molecule has 2 N–H and O–H groups in total. The second-order valence-corrected chi connectivity index (χ2v) is 7.16. The molecule has 5 nitrogen and oxygen atoms in total. The van der Waals surface area contributed by atoms with Crippen LogP contribution >= 0.6 is 11.6 Å². The van der Waals surface area contributed by atoms with Crippen molar-refractivity contribution < 1.29 is 18.0 Å². The molecular weight excluding hydrogens is 405 g/mol. The Balaban J connectivity index is 1.63. The quantitative estimate of drug-likeness (QED) is 0.592. The largest absolute Gasteiger partial charge is 0.410 e. The Labute approximate surface area is 169 Å². The predicted molar refractivity (Wildman–Crippen MR) is 104 cm³/mol. The van der Waals surface area contributed by atoms with Gasteiger partial charge in [0, 0.05) is 23.2 Å². The molecule has 9 heteroatoms. The van der Waals surface area contributed by atoms with Crippen LogP contribution in [0.1, 0.15) is 34.6 Å². The first-order chi connectivity index (χ1) is 13.8. The molecule has 0 saturated heterocycles. The third-order valence-electron chi connectivity index (χ3n) is 4.73. The summed E-state index contributed by atoms with van der Waals surface area (Å²) < 4.78 is 42.0. The van der Waals surface area contributed by atoms with Gasteiger partial charge in [-0.1, -0.05) is 41.9 Å². The number of alkyl halides is 3. The monoisotopic (exact) mass is 420 g/mol. The highest BCUT2D eigenvalue weighted by Gasteiger charge is 2.46. The molecule has 1 amide bonds. The summed E-state index contributed by atoms with van der Waals surface area (Å²) in [6.45, 7) is 0. The van der Waals surface area contributed by atoms with Gasteiger partial charge in [-0.2, -0.15) is 18.3 Å². The van der Waals surface area contributed by atoms with Gasteiger partial charge in [0.15, 0.2) is 11.7 Å². The average Bonchev–Trinajstić information content (AvgIpc) is 3.13. The fourth-order valence-corrected chi connectivity index (χ4v) is 3.44. The highest BCUT2D eigenvalue weighted by atomic mass is 35.5. The minimum absolute atomic E-state index is 0.106. The van der Waals surface area contributed by atoms with Crippen LogP contribution in [0.2, 0.25) is 5.02 Å². The Morgan fingerprint density at radius 3 is 2.48 bits per heavy atom. The van der Waals surface area contributed by atoms with Crippen molar-refractivity contribution in [1.82, 2.24) is 9.78 Å². The Morgan fingerprint density at radius 1 is 1.14 bits per heavy atom. The van der Waals surface area contributed by atoms with Crippen LogP contribution in [0.3, 0.4) is 0 Å². The lowest BCUT2D eigenvalue weighted by atomic mass is 9.97. The summed E-state index contributed by atoms with van der Waals surface area (Å²) in [7, 11) is 0. The first-order valence-electron chi connectivity index (χ1n) is 8.86. The number of amides is 1. The Bertz CT molecular complexity index is 1020. The van der Waals surface area contributed by atoms with E-state index in [1.807, 2.05) is 0 Å². The van der Waals surface area contributed by atoms with Crippen molar-refractivity contribution in [2.24, 2.45) is 0 Å². The first-order valence-corrected chi connectivity index (χ1v) is 9.24. The maximum atomic E-state index is 13.7. The van der Waals surface area contributed by atoms with Crippen molar-refractivity contribution in [2.45, 2.75) is 24.7 Å². The summed E-state index contributed by atoms with van der Waals surface area (Å²) in [6.07, 6.45) is -4.72. The normalized spacial score (nSPS) is 18.6. The highest BCUT2D eigenvalue weighted by molar-refractivity contribution is 6.30. The van der Waals surface area contributed by atoms with E-state index in [1.54, 1.807) is 54.6 Å². The van der Waals surface area contributed by atoms with Gasteiger partial charge in [0.25, 0.3) is 5.91 Å². The Kier molecular flexibility index (Phi) is 4.96. The van der Waals surface area contributed by atoms with Crippen molar-refractivity contribution >= 4 is 29.0 Å². The van der Waals surface area contributed by atoms with E-state index in [-0.39, 0.29) is 17.9 Å². The predicted octanol–water partition coefficient (Wildman–Crippen LogP) is 5.45. The molecule has 0 bridgehead atoms. The van der Waals surface area contributed by atoms with E-state index in [2.05, 4.69) is 15.7 Å². The van der Waals surface area contributed by atoms with Crippen LogP contribution in [-0.2, 0) is 0 Å². The number of nitrogens with one attached hydrogen (secondary N) is 2. The van der Waals surface area contributed by atoms with Gasteiger partial charge >= 0.3 is 6.18 Å². The zero-order chi connectivity index (χ0) is 20.6. The number of nitrogens with zero attached hydrogens (tertiary/aromatic N) is 2. The van der Waals surface area contributed by atoms with Gasteiger partial charge in [0.2, 0.25) is 0 Å². The molecule has 1 aromatic heterocycles. The van der Waals surface area contributed by atoms with Crippen LogP contribution < -0.4 is 10.6 Å². The van der Waals surface area contributed by atoms with Crippen molar-refractivity contribution in [3.05, 3.63) is 76.9 Å². The molecule has 2 heterocycles. The molecular formula is C20H16ClF3N4O. The van der Waals surface area contributed by atoms with E-state index in [1.165, 1.54) is 6.07 Å². The summed E-state index contributed by atoms with van der Waals surface area (Å²) >= 11 is 5.81. The third-order valence-corrected chi connectivity index (χ3v) is 4.98. The van der Waals surface area contributed by atoms with Crippen LogP contribution in [0.4, 0.5) is 24.7 Å². The lowest BCUT2D eigenvalue weighted by molar-refractivity contribution is -0.173. The molecule has 2 atom stereocenters. The molecule has 150 valence electrons. The van der Waals surface area contributed by atoms with Gasteiger partial charge < -0.3 is 10.6 Å². The van der Waals surface area contributed by atoms with Crippen LogP contribution in [0.5, 0.6) is 0 Å². The van der Waals surface area contributed by atoms with Gasteiger partial charge in [0.05, 0.1) is 6.04 Å². The fraction of sp³-hybridized carbons (Fsp3) is 0.200. The molecule has 3 aromatic rings. The van der Waals surface area contributed by atoms with E-state index in [9.17, 15) is 18.0 Å². The Morgan fingerprint density at radius 2 is 1.83 bits per heavy atom.